The second kappa shape index (κ2) is 16.5. The minimum atomic E-state index is -4.12. The van der Waals surface area contributed by atoms with Gasteiger partial charge in [0, 0.05) is 50.9 Å². The van der Waals surface area contributed by atoms with E-state index in [-0.39, 0.29) is 29.5 Å². The molecule has 4 rings (SSSR count). The van der Waals surface area contributed by atoms with Crippen molar-refractivity contribution in [1.29, 1.82) is 5.26 Å². The molecule has 4 amide bonds. The summed E-state index contributed by atoms with van der Waals surface area (Å²) < 4.78 is 46.7. The second-order valence-electron chi connectivity index (χ2n) is 13.5. The maximum absolute atomic E-state index is 15.8. The molecule has 1 saturated heterocycles. The Morgan fingerprint density at radius 1 is 1.02 bits per heavy atom. The molecule has 2 aliphatic rings. The highest BCUT2D eigenvalue weighted by Crippen LogP contribution is 2.36. The van der Waals surface area contributed by atoms with Crippen molar-refractivity contribution in [3.05, 3.63) is 59.2 Å². The topological polar surface area (TPSA) is 148 Å². The maximum atomic E-state index is 15.8. The summed E-state index contributed by atoms with van der Waals surface area (Å²) in [7, 11) is 1.96. The Balaban J connectivity index is 1.59. The summed E-state index contributed by atoms with van der Waals surface area (Å²) in [5.74, 6) is -9.33. The molecule has 1 aromatic heterocycles. The van der Waals surface area contributed by atoms with Crippen molar-refractivity contribution in [1.82, 2.24) is 25.4 Å². The Kier molecular flexibility index (Phi) is 12.6. The lowest BCUT2D eigenvalue weighted by Crippen LogP contribution is -2.61. The highest BCUT2D eigenvalue weighted by Gasteiger charge is 2.49. The molecule has 1 saturated carbocycles. The Morgan fingerprint density at radius 2 is 1.68 bits per heavy atom. The fourth-order valence-electron chi connectivity index (χ4n) is 6.58. The van der Waals surface area contributed by atoms with E-state index in [4.69, 9.17) is 5.26 Å². The third-order valence-corrected chi connectivity index (χ3v) is 10.0. The Morgan fingerprint density at radius 3 is 2.28 bits per heavy atom. The second-order valence-corrected chi connectivity index (χ2v) is 13.5. The summed E-state index contributed by atoms with van der Waals surface area (Å²) in [6.45, 7) is 7.10. The van der Waals surface area contributed by atoms with E-state index >= 15 is 13.2 Å². The number of aromatic nitrogens is 1. The molecular formula is C36H46F3N7O4. The molecule has 2 heterocycles. The zero-order valence-electron chi connectivity index (χ0n) is 29.0. The molecule has 2 fully saturated rings. The standard InChI is InChI=1S/C36H46F3N7O4/c1-5-30(47)43-31(32(48)46-16-14-45(4)15-17-46)23(2)25-12-13-29(28(37)19-25)42-33(49)35(3,26-10-8-6-7-9-11-26)44-34(50)36(38,39)27-18-24(20-40)21-41-22-27/h12-13,18-19,21-23,26,31H,5-11,14-17H2,1-4H3,(H,42,49)(H,43,47)(H,44,50)/t23-,31+,35+/m0/s1. The van der Waals surface area contributed by atoms with Crippen molar-refractivity contribution < 1.29 is 32.3 Å². The van der Waals surface area contributed by atoms with Gasteiger partial charge in [-0.25, -0.2) is 4.39 Å². The van der Waals surface area contributed by atoms with Crippen molar-refractivity contribution in [3.8, 4) is 6.07 Å². The number of carbonyl (C=O) groups is 4. The molecule has 1 aliphatic carbocycles. The third-order valence-electron chi connectivity index (χ3n) is 10.0. The molecule has 3 N–H and O–H groups in total. The summed E-state index contributed by atoms with van der Waals surface area (Å²) >= 11 is 0. The average molecular weight is 698 g/mol. The van der Waals surface area contributed by atoms with Crippen molar-refractivity contribution in [2.24, 2.45) is 5.92 Å². The highest BCUT2D eigenvalue weighted by atomic mass is 19.3. The first kappa shape index (κ1) is 38.3. The molecule has 1 aromatic carbocycles. The van der Waals surface area contributed by atoms with Gasteiger partial charge >= 0.3 is 5.92 Å². The smallest absolute Gasteiger partial charge is 0.344 e. The lowest BCUT2D eigenvalue weighted by atomic mass is 9.79. The molecule has 1 aliphatic heterocycles. The van der Waals surface area contributed by atoms with Gasteiger partial charge in [0.2, 0.25) is 17.7 Å². The first-order chi connectivity index (χ1) is 23.7. The number of nitriles is 1. The van der Waals surface area contributed by atoms with Gasteiger partial charge in [0.05, 0.1) is 16.8 Å². The number of rotatable bonds is 11. The number of halogens is 3. The van der Waals surface area contributed by atoms with Crippen molar-refractivity contribution in [2.45, 2.75) is 89.1 Å². The van der Waals surface area contributed by atoms with E-state index in [9.17, 15) is 19.2 Å². The van der Waals surface area contributed by atoms with Gasteiger partial charge in [0.25, 0.3) is 5.91 Å². The lowest BCUT2D eigenvalue weighted by molar-refractivity contribution is -0.152. The molecule has 0 unspecified atom stereocenters. The number of nitrogens with one attached hydrogen (secondary N) is 3. The van der Waals surface area contributed by atoms with E-state index in [1.165, 1.54) is 25.1 Å². The summed E-state index contributed by atoms with van der Waals surface area (Å²) in [4.78, 5) is 60.6. The number of benzene rings is 1. The van der Waals surface area contributed by atoms with Gasteiger partial charge in [-0.2, -0.15) is 14.0 Å². The molecule has 2 aromatic rings. The summed E-state index contributed by atoms with van der Waals surface area (Å²) in [6.07, 6.45) is 6.20. The van der Waals surface area contributed by atoms with Crippen LogP contribution < -0.4 is 16.0 Å². The predicted octanol–water partition coefficient (Wildman–Crippen LogP) is 4.44. The van der Waals surface area contributed by atoms with Crippen LogP contribution in [0.15, 0.2) is 36.7 Å². The fourth-order valence-corrected chi connectivity index (χ4v) is 6.58. The van der Waals surface area contributed by atoms with Crippen LogP contribution in [0.1, 0.15) is 88.3 Å². The number of nitrogens with zero attached hydrogens (tertiary/aromatic N) is 4. The van der Waals surface area contributed by atoms with Gasteiger partial charge in [-0.15, -0.1) is 0 Å². The molecule has 0 bridgehead atoms. The van der Waals surface area contributed by atoms with Gasteiger partial charge in [-0.1, -0.05) is 45.6 Å². The average Bonchev–Trinajstić information content (AvgIpc) is 3.41. The zero-order valence-corrected chi connectivity index (χ0v) is 29.0. The molecule has 14 heteroatoms. The van der Waals surface area contributed by atoms with Crippen LogP contribution in [-0.4, -0.2) is 83.2 Å². The minimum absolute atomic E-state index is 0.157. The quantitative estimate of drug-likeness (QED) is 0.294. The molecule has 3 atom stereocenters. The van der Waals surface area contributed by atoms with Crippen LogP contribution in [0.5, 0.6) is 0 Å². The molecule has 50 heavy (non-hydrogen) atoms. The van der Waals surface area contributed by atoms with Gasteiger partial charge < -0.3 is 25.8 Å². The number of hydrogen-bond acceptors (Lipinski definition) is 7. The van der Waals surface area contributed by atoms with E-state index < -0.39 is 52.5 Å². The van der Waals surface area contributed by atoms with Gasteiger partial charge in [-0.05, 0) is 56.5 Å². The van der Waals surface area contributed by atoms with Crippen LogP contribution in [-0.2, 0) is 25.1 Å². The summed E-state index contributed by atoms with van der Waals surface area (Å²) in [5, 5.41) is 16.8. The third kappa shape index (κ3) is 8.79. The lowest BCUT2D eigenvalue weighted by Gasteiger charge is -2.38. The minimum Gasteiger partial charge on any atom is -0.344 e. The van der Waals surface area contributed by atoms with E-state index in [0.717, 1.165) is 44.1 Å². The summed E-state index contributed by atoms with van der Waals surface area (Å²) in [6, 6.07) is 5.66. The van der Waals surface area contributed by atoms with E-state index in [2.05, 4.69) is 25.8 Å². The van der Waals surface area contributed by atoms with Gasteiger partial charge in [0.15, 0.2) is 0 Å². The molecule has 11 nitrogen and oxygen atoms in total. The summed E-state index contributed by atoms with van der Waals surface area (Å²) in [5.41, 5.74) is -2.65. The van der Waals surface area contributed by atoms with Crippen LogP contribution in [0.4, 0.5) is 18.9 Å². The number of alkyl halides is 2. The first-order valence-electron chi connectivity index (χ1n) is 17.1. The monoisotopic (exact) mass is 697 g/mol. The van der Waals surface area contributed by atoms with Crippen LogP contribution in [0, 0.1) is 23.1 Å². The number of carbonyl (C=O) groups excluding carboxylic acids is 4. The molecule has 270 valence electrons. The normalized spacial score (nSPS) is 18.5. The number of hydrogen-bond donors (Lipinski definition) is 3. The maximum Gasteiger partial charge on any atom is 0.351 e. The molecular weight excluding hydrogens is 651 g/mol. The van der Waals surface area contributed by atoms with Crippen LogP contribution in [0.2, 0.25) is 0 Å². The van der Waals surface area contributed by atoms with Gasteiger partial charge in [0.1, 0.15) is 23.5 Å². The highest BCUT2D eigenvalue weighted by molar-refractivity contribution is 6.01. The van der Waals surface area contributed by atoms with Crippen molar-refractivity contribution >= 4 is 29.3 Å². The molecule has 0 spiro atoms. The number of piperazine rings is 1. The first-order valence-corrected chi connectivity index (χ1v) is 17.1. The van der Waals surface area contributed by atoms with Crippen LogP contribution in [0.25, 0.3) is 0 Å². The van der Waals surface area contributed by atoms with E-state index in [1.54, 1.807) is 24.8 Å². The predicted molar refractivity (Wildman–Crippen MR) is 180 cm³/mol. The van der Waals surface area contributed by atoms with Crippen molar-refractivity contribution in [3.63, 3.8) is 0 Å². The van der Waals surface area contributed by atoms with Crippen LogP contribution in [0.3, 0.4) is 0 Å². The Hall–Kier alpha value is -4.51. The number of likely N-dealkylation sites (N-methyl/N-ethyl adjacent to an activating group) is 1. The number of amides is 4. The van der Waals surface area contributed by atoms with E-state index in [0.29, 0.717) is 44.6 Å². The van der Waals surface area contributed by atoms with Crippen molar-refractivity contribution in [2.75, 3.05) is 38.5 Å². The number of anilines is 1. The number of pyridine rings is 1. The Bertz CT molecular complexity index is 1600. The molecule has 0 radical (unpaired) electrons. The van der Waals surface area contributed by atoms with Crippen LogP contribution >= 0.6 is 0 Å². The SMILES string of the molecule is CCC(=O)N[C@@H](C(=O)N1CCN(C)CC1)[C@@H](C)c1ccc(NC(=O)[C@](C)(NC(=O)C(F)(F)c2cncc(C#N)c2)C2CCCCCC2)c(F)c1. The fraction of sp³-hybridized carbons (Fsp3) is 0.556. The van der Waals surface area contributed by atoms with Gasteiger partial charge in [-0.3, -0.25) is 24.2 Å². The van der Waals surface area contributed by atoms with E-state index in [1.807, 2.05) is 7.05 Å². The Labute approximate surface area is 291 Å². The zero-order chi connectivity index (χ0) is 36.6. The largest absolute Gasteiger partial charge is 0.351 e.